The van der Waals surface area contributed by atoms with Crippen LogP contribution in [0.3, 0.4) is 0 Å². The number of thioether (sulfide) groups is 1. The molecule has 1 atom stereocenters. The number of rotatable bonds is 16. The zero-order chi connectivity index (χ0) is 20.1. The largest absolute Gasteiger partial charge is 0.515 e. The predicted octanol–water partition coefficient (Wildman–Crippen LogP) is 3.27. The van der Waals surface area contributed by atoms with Crippen LogP contribution in [0, 0.1) is 0 Å². The maximum atomic E-state index is 12.0. The van der Waals surface area contributed by atoms with Crippen molar-refractivity contribution in [2.24, 2.45) is 0 Å². The zero-order valence-corrected chi connectivity index (χ0v) is 20.1. The minimum atomic E-state index is -3.15. The first kappa shape index (κ1) is 26.2. The molecular formula is C16H36O7SSi2. The van der Waals surface area contributed by atoms with Crippen LogP contribution in [0.2, 0.25) is 6.04 Å². The molecule has 10 heteroatoms. The smallest absolute Gasteiger partial charge is 0.374 e. The van der Waals surface area contributed by atoms with E-state index in [0.29, 0.717) is 45.7 Å². The highest BCUT2D eigenvalue weighted by molar-refractivity contribution is 8.15. The van der Waals surface area contributed by atoms with Gasteiger partial charge in [0.1, 0.15) is 0 Å². The molecule has 0 saturated heterocycles. The highest BCUT2D eigenvalue weighted by atomic mass is 32.2. The second-order valence-corrected chi connectivity index (χ2v) is 12.4. The van der Waals surface area contributed by atoms with Gasteiger partial charge in [-0.1, -0.05) is 11.8 Å². The van der Waals surface area contributed by atoms with E-state index >= 15 is 0 Å². The topological polar surface area (TPSA) is 72.5 Å². The van der Waals surface area contributed by atoms with Crippen LogP contribution in [0.25, 0.3) is 0 Å². The van der Waals surface area contributed by atoms with Crippen LogP contribution in [-0.4, -0.2) is 67.2 Å². The minimum absolute atomic E-state index is 0.0293. The van der Waals surface area contributed by atoms with Crippen molar-refractivity contribution in [3.8, 4) is 0 Å². The van der Waals surface area contributed by atoms with Crippen molar-refractivity contribution < 1.29 is 31.4 Å². The van der Waals surface area contributed by atoms with Gasteiger partial charge in [-0.05, 0) is 41.5 Å². The van der Waals surface area contributed by atoms with E-state index in [1.807, 2.05) is 41.5 Å². The van der Waals surface area contributed by atoms with Crippen molar-refractivity contribution in [1.29, 1.82) is 0 Å². The molecule has 0 aromatic rings. The van der Waals surface area contributed by atoms with Crippen molar-refractivity contribution in [3.05, 3.63) is 0 Å². The molecule has 0 radical (unpaired) electrons. The summed E-state index contributed by atoms with van der Waals surface area (Å²) in [5.74, 6) is 0. The molecule has 7 nitrogen and oxygen atoms in total. The molecule has 26 heavy (non-hydrogen) atoms. The average molecular weight is 429 g/mol. The van der Waals surface area contributed by atoms with Crippen molar-refractivity contribution >= 4 is 34.5 Å². The lowest BCUT2D eigenvalue weighted by Gasteiger charge is -2.38. The van der Waals surface area contributed by atoms with Gasteiger partial charge in [0, 0.05) is 52.6 Å². The highest BCUT2D eigenvalue weighted by Gasteiger charge is 2.56. The van der Waals surface area contributed by atoms with Gasteiger partial charge < -0.3 is 26.6 Å². The summed E-state index contributed by atoms with van der Waals surface area (Å²) in [7, 11) is -6.15. The van der Waals surface area contributed by atoms with Gasteiger partial charge in [-0.15, -0.1) is 0 Å². The summed E-state index contributed by atoms with van der Waals surface area (Å²) in [5, 5.41) is -0.0293. The molecular weight excluding hydrogens is 392 g/mol. The van der Waals surface area contributed by atoms with Crippen molar-refractivity contribution in [3.63, 3.8) is 0 Å². The third-order valence-corrected chi connectivity index (χ3v) is 12.1. The van der Waals surface area contributed by atoms with E-state index in [-0.39, 0.29) is 9.99 Å². The summed E-state index contributed by atoms with van der Waals surface area (Å²) < 4.78 is 36.0. The fourth-order valence-corrected chi connectivity index (χ4v) is 11.8. The van der Waals surface area contributed by atoms with Gasteiger partial charge in [0.2, 0.25) is 0 Å². The molecule has 0 aliphatic heterocycles. The monoisotopic (exact) mass is 428 g/mol. The predicted molar refractivity (Wildman–Crippen MR) is 108 cm³/mol. The third-order valence-electron chi connectivity index (χ3n) is 3.27. The van der Waals surface area contributed by atoms with E-state index < -0.39 is 17.6 Å². The quantitative estimate of drug-likeness (QED) is 0.347. The summed E-state index contributed by atoms with van der Waals surface area (Å²) in [6.07, 6.45) is 0. The molecule has 0 bridgehead atoms. The Labute approximate surface area is 165 Å². The average Bonchev–Trinajstić information content (AvgIpc) is 2.55. The van der Waals surface area contributed by atoms with E-state index in [4.69, 9.17) is 26.6 Å². The maximum absolute atomic E-state index is 12.0. The lowest BCUT2D eigenvalue weighted by molar-refractivity contribution is -0.109. The Hall–Kier alpha value is 0.214. The molecule has 0 N–H and O–H groups in total. The molecule has 0 amide bonds. The van der Waals surface area contributed by atoms with Crippen molar-refractivity contribution in [2.45, 2.75) is 59.4 Å². The molecule has 0 fully saturated rings. The summed E-state index contributed by atoms with van der Waals surface area (Å²) in [6, 6.07) is 0.402. The second-order valence-electron chi connectivity index (χ2n) is 5.19. The van der Waals surface area contributed by atoms with E-state index in [2.05, 4.69) is 0 Å². The first-order valence-corrected chi connectivity index (χ1v) is 14.0. The summed E-state index contributed by atoms with van der Waals surface area (Å²) in [6.45, 7) is 15.7. The van der Waals surface area contributed by atoms with Crippen LogP contribution in [0.1, 0.15) is 48.5 Å². The van der Waals surface area contributed by atoms with Crippen LogP contribution in [-0.2, 0) is 31.4 Å². The molecule has 0 aromatic heterocycles. The Morgan fingerprint density at radius 2 is 1.08 bits per heavy atom. The van der Waals surface area contributed by atoms with Gasteiger partial charge >= 0.3 is 17.6 Å². The normalized spacial score (nSPS) is 13.8. The fourth-order valence-electron chi connectivity index (χ4n) is 2.64. The van der Waals surface area contributed by atoms with E-state index in [1.54, 1.807) is 0 Å². The lowest BCUT2D eigenvalue weighted by atomic mass is 10.9. The zero-order valence-electron chi connectivity index (χ0n) is 17.3. The van der Waals surface area contributed by atoms with Crippen LogP contribution in [0.4, 0.5) is 0 Å². The minimum Gasteiger partial charge on any atom is -0.374 e. The van der Waals surface area contributed by atoms with E-state index in [0.717, 1.165) is 0 Å². The van der Waals surface area contributed by atoms with Gasteiger partial charge in [0.15, 0.2) is 5.12 Å². The van der Waals surface area contributed by atoms with Crippen LogP contribution in [0.15, 0.2) is 0 Å². The maximum Gasteiger partial charge on any atom is 0.515 e. The summed E-state index contributed by atoms with van der Waals surface area (Å²) >= 11 is 1.17. The Kier molecular flexibility index (Phi) is 14.4. The van der Waals surface area contributed by atoms with Crippen LogP contribution >= 0.6 is 11.8 Å². The number of hydrogen-bond acceptors (Lipinski definition) is 8. The first-order chi connectivity index (χ1) is 12.4. The Morgan fingerprint density at radius 1 is 0.731 bits per heavy atom. The van der Waals surface area contributed by atoms with Gasteiger partial charge in [-0.25, -0.2) is 0 Å². The van der Waals surface area contributed by atoms with E-state index in [1.165, 1.54) is 18.7 Å². The molecule has 0 saturated carbocycles. The molecule has 0 aliphatic rings. The summed E-state index contributed by atoms with van der Waals surface area (Å²) in [4.78, 5) is 11.6. The van der Waals surface area contributed by atoms with Crippen molar-refractivity contribution in [1.82, 2.24) is 0 Å². The fraction of sp³-hybridized carbons (Fsp3) is 0.938. The molecule has 0 heterocycles. The van der Waals surface area contributed by atoms with Crippen molar-refractivity contribution in [2.75, 3.05) is 39.6 Å². The Bertz CT molecular complexity index is 354. The number of hydrogen-bond donors (Lipinski definition) is 0. The lowest BCUT2D eigenvalue weighted by Crippen LogP contribution is -2.60. The Balaban J connectivity index is 5.92. The van der Waals surface area contributed by atoms with Gasteiger partial charge in [0.05, 0.1) is 4.87 Å². The van der Waals surface area contributed by atoms with Crippen LogP contribution in [0.5, 0.6) is 0 Å². The SMILES string of the molecule is CCO[Si](CC(SC(C)=O)[Si](OCC)(OCC)OCC)(OCC)OCC. The third kappa shape index (κ3) is 8.49. The van der Waals surface area contributed by atoms with Crippen LogP contribution < -0.4 is 0 Å². The molecule has 0 aliphatic carbocycles. The number of carbonyl (C=O) groups excluding carboxylic acids is 1. The van der Waals surface area contributed by atoms with E-state index in [9.17, 15) is 4.79 Å². The standard InChI is InChI=1S/C16H36O7SSi2/c1-8-18-25(19-9-2,20-10-3)14-16(24-15(7)17)26(21-11-4,22-12-5)23-13-6/h16H,8-14H2,1-7H3. The summed E-state index contributed by atoms with van der Waals surface area (Å²) in [5.41, 5.74) is 0. The molecule has 0 rings (SSSR count). The molecule has 0 aromatic carbocycles. The molecule has 0 spiro atoms. The van der Waals surface area contributed by atoms with Gasteiger partial charge in [0.25, 0.3) is 0 Å². The molecule has 156 valence electrons. The Morgan fingerprint density at radius 3 is 1.35 bits per heavy atom. The highest BCUT2D eigenvalue weighted by Crippen LogP contribution is 2.34. The first-order valence-electron chi connectivity index (χ1n) is 9.39. The van der Waals surface area contributed by atoms with Gasteiger partial charge in [-0.3, -0.25) is 4.79 Å². The number of carbonyl (C=O) groups is 1. The molecule has 1 unspecified atom stereocenters. The second kappa shape index (κ2) is 14.2. The van der Waals surface area contributed by atoms with Gasteiger partial charge in [-0.2, -0.15) is 0 Å².